The van der Waals surface area contributed by atoms with Crippen LogP contribution in [0.5, 0.6) is 0 Å². The second-order valence-electron chi connectivity index (χ2n) is 3.31. The lowest BCUT2D eigenvalue weighted by Crippen LogP contribution is -2.41. The summed E-state index contributed by atoms with van der Waals surface area (Å²) in [6, 6.07) is 0. The van der Waals surface area contributed by atoms with Crippen LogP contribution < -0.4 is 9.44 Å². The lowest BCUT2D eigenvalue weighted by atomic mass is 10.2. The molecule has 78 valence electrons. The van der Waals surface area contributed by atoms with Gasteiger partial charge in [0.1, 0.15) is 5.60 Å². The van der Waals surface area contributed by atoms with Crippen LogP contribution in [0.1, 0.15) is 20.8 Å². The van der Waals surface area contributed by atoms with Crippen LogP contribution in [0.25, 0.3) is 0 Å². The van der Waals surface area contributed by atoms with Crippen LogP contribution in [-0.2, 0) is 14.9 Å². The molecule has 0 atom stereocenters. The molecule has 0 rings (SSSR count). The third-order valence-electron chi connectivity index (χ3n) is 0.885. The summed E-state index contributed by atoms with van der Waals surface area (Å²) in [5.41, 5.74) is -0.715. The van der Waals surface area contributed by atoms with Gasteiger partial charge in [0.25, 0.3) is 0 Å². The number of nitrogens with one attached hydrogen (secondary N) is 2. The molecule has 0 fully saturated rings. The standard InChI is InChI=1S/C6H14N2O4S/c1-6(2,3)12-5(9)8-13(10,11)7-4/h7H,1-4H3,(H,8,9). The molecule has 0 aliphatic heterocycles. The van der Waals surface area contributed by atoms with Crippen LogP contribution in [0, 0.1) is 0 Å². The van der Waals surface area contributed by atoms with Crippen LogP contribution in [0.3, 0.4) is 0 Å². The highest BCUT2D eigenvalue weighted by Gasteiger charge is 2.19. The van der Waals surface area contributed by atoms with E-state index in [-0.39, 0.29) is 0 Å². The van der Waals surface area contributed by atoms with Gasteiger partial charge in [-0.1, -0.05) is 0 Å². The quantitative estimate of drug-likeness (QED) is 0.670. The second-order valence-corrected chi connectivity index (χ2v) is 4.93. The third kappa shape index (κ3) is 6.35. The predicted octanol–water partition coefficient (Wildman–Crippen LogP) is -0.0247. The fourth-order valence-corrected chi connectivity index (χ4v) is 0.823. The molecule has 0 heterocycles. The molecule has 1 amide bonds. The maximum absolute atomic E-state index is 10.9. The van der Waals surface area contributed by atoms with Crippen molar-refractivity contribution in [1.29, 1.82) is 0 Å². The first-order valence-electron chi connectivity index (χ1n) is 3.60. The molecule has 6 nitrogen and oxygen atoms in total. The molecule has 13 heavy (non-hydrogen) atoms. The van der Waals surface area contributed by atoms with Crippen LogP contribution in [-0.4, -0.2) is 27.2 Å². The van der Waals surface area contributed by atoms with E-state index in [4.69, 9.17) is 4.74 Å². The number of carbonyl (C=O) groups is 1. The van der Waals surface area contributed by atoms with Crippen molar-refractivity contribution in [2.75, 3.05) is 7.05 Å². The molecule has 0 aliphatic rings. The van der Waals surface area contributed by atoms with Gasteiger partial charge in [0, 0.05) is 7.05 Å². The smallest absolute Gasteiger partial charge is 0.422 e. The Morgan fingerprint density at radius 3 is 2.08 bits per heavy atom. The van der Waals surface area contributed by atoms with E-state index >= 15 is 0 Å². The van der Waals surface area contributed by atoms with Gasteiger partial charge in [0.2, 0.25) is 0 Å². The summed E-state index contributed by atoms with van der Waals surface area (Å²) in [4.78, 5) is 10.9. The van der Waals surface area contributed by atoms with E-state index in [2.05, 4.69) is 0 Å². The van der Waals surface area contributed by atoms with E-state index < -0.39 is 21.9 Å². The molecule has 0 saturated carbocycles. The summed E-state index contributed by atoms with van der Waals surface area (Å²) >= 11 is 0. The van der Waals surface area contributed by atoms with E-state index in [9.17, 15) is 13.2 Å². The Kier molecular flexibility index (Phi) is 3.68. The predicted molar refractivity (Wildman–Crippen MR) is 47.3 cm³/mol. The van der Waals surface area contributed by atoms with Crippen molar-refractivity contribution in [2.45, 2.75) is 26.4 Å². The van der Waals surface area contributed by atoms with Crippen molar-refractivity contribution < 1.29 is 17.9 Å². The van der Waals surface area contributed by atoms with E-state index in [0.717, 1.165) is 0 Å². The number of hydrogen-bond donors (Lipinski definition) is 2. The maximum Gasteiger partial charge on any atom is 0.422 e. The molecular formula is C6H14N2O4S. The van der Waals surface area contributed by atoms with E-state index in [1.165, 1.54) is 7.05 Å². The Bertz CT molecular complexity index is 277. The van der Waals surface area contributed by atoms with Crippen molar-refractivity contribution >= 4 is 16.3 Å². The molecule has 2 N–H and O–H groups in total. The highest BCUT2D eigenvalue weighted by atomic mass is 32.2. The van der Waals surface area contributed by atoms with Crippen molar-refractivity contribution in [3.63, 3.8) is 0 Å². The fourth-order valence-electron chi connectivity index (χ4n) is 0.460. The lowest BCUT2D eigenvalue weighted by Gasteiger charge is -2.19. The summed E-state index contributed by atoms with van der Waals surface area (Å²) in [6.45, 7) is 4.91. The monoisotopic (exact) mass is 210 g/mol. The number of ether oxygens (including phenoxy) is 1. The van der Waals surface area contributed by atoms with Gasteiger partial charge in [-0.05, 0) is 20.8 Å². The summed E-state index contributed by atoms with van der Waals surface area (Å²) in [6.07, 6.45) is -0.998. The Labute approximate surface area is 77.8 Å². The zero-order valence-electron chi connectivity index (χ0n) is 8.04. The van der Waals surface area contributed by atoms with Crippen LogP contribution in [0.15, 0.2) is 0 Å². The van der Waals surface area contributed by atoms with Crippen LogP contribution in [0.4, 0.5) is 4.79 Å². The van der Waals surface area contributed by atoms with Crippen LogP contribution >= 0.6 is 0 Å². The molecule has 0 saturated heterocycles. The van der Waals surface area contributed by atoms with Gasteiger partial charge in [-0.15, -0.1) is 0 Å². The molecule has 0 spiro atoms. The molecule has 0 radical (unpaired) electrons. The highest BCUT2D eigenvalue weighted by molar-refractivity contribution is 7.88. The highest BCUT2D eigenvalue weighted by Crippen LogP contribution is 2.06. The van der Waals surface area contributed by atoms with Crippen molar-refractivity contribution in [3.05, 3.63) is 0 Å². The minimum absolute atomic E-state index is 0.715. The minimum atomic E-state index is -3.77. The largest absolute Gasteiger partial charge is 0.443 e. The molecule has 7 heteroatoms. The molecule has 0 aromatic rings. The Morgan fingerprint density at radius 1 is 1.31 bits per heavy atom. The third-order valence-corrected chi connectivity index (χ3v) is 1.86. The minimum Gasteiger partial charge on any atom is -0.443 e. The SMILES string of the molecule is CNS(=O)(=O)NC(=O)OC(C)(C)C. The topological polar surface area (TPSA) is 84.5 Å². The summed E-state index contributed by atoms with van der Waals surface area (Å²) in [5.74, 6) is 0. The van der Waals surface area contributed by atoms with Gasteiger partial charge in [0.05, 0.1) is 0 Å². The summed E-state index contributed by atoms with van der Waals surface area (Å²) in [5, 5.41) is 0. The van der Waals surface area contributed by atoms with E-state index in [0.29, 0.717) is 0 Å². The Morgan fingerprint density at radius 2 is 1.77 bits per heavy atom. The maximum atomic E-state index is 10.9. The molecule has 0 unspecified atom stereocenters. The first-order chi connectivity index (χ1) is 5.66. The number of amides is 1. The molecule has 0 aromatic carbocycles. The zero-order valence-corrected chi connectivity index (χ0v) is 8.86. The normalized spacial score (nSPS) is 12.3. The molecular weight excluding hydrogens is 196 g/mol. The Hall–Kier alpha value is -0.820. The number of carbonyl (C=O) groups excluding carboxylic acids is 1. The van der Waals surface area contributed by atoms with Gasteiger partial charge in [-0.3, -0.25) is 0 Å². The Balaban J connectivity index is 4.19. The van der Waals surface area contributed by atoms with Crippen molar-refractivity contribution in [1.82, 2.24) is 9.44 Å². The number of rotatable bonds is 2. The van der Waals surface area contributed by atoms with Gasteiger partial charge in [-0.2, -0.15) is 8.42 Å². The average molecular weight is 210 g/mol. The van der Waals surface area contributed by atoms with Gasteiger partial charge in [0.15, 0.2) is 0 Å². The average Bonchev–Trinajstić information content (AvgIpc) is 1.81. The summed E-state index contributed by atoms with van der Waals surface area (Å²) in [7, 11) is -2.58. The van der Waals surface area contributed by atoms with Gasteiger partial charge >= 0.3 is 16.3 Å². The number of hydrogen-bond acceptors (Lipinski definition) is 4. The molecule has 0 bridgehead atoms. The van der Waals surface area contributed by atoms with Crippen molar-refractivity contribution in [3.8, 4) is 0 Å². The lowest BCUT2D eigenvalue weighted by molar-refractivity contribution is 0.0570. The van der Waals surface area contributed by atoms with E-state index in [1.807, 2.05) is 4.72 Å². The van der Waals surface area contributed by atoms with Crippen LogP contribution in [0.2, 0.25) is 0 Å². The molecule has 0 aliphatic carbocycles. The zero-order chi connectivity index (χ0) is 10.7. The summed E-state index contributed by atoms with van der Waals surface area (Å²) < 4.78 is 29.8. The van der Waals surface area contributed by atoms with E-state index in [1.54, 1.807) is 25.5 Å². The van der Waals surface area contributed by atoms with Gasteiger partial charge < -0.3 is 4.74 Å². The van der Waals surface area contributed by atoms with Crippen molar-refractivity contribution in [2.24, 2.45) is 0 Å². The first kappa shape index (κ1) is 12.2. The van der Waals surface area contributed by atoms with Gasteiger partial charge in [-0.25, -0.2) is 14.2 Å². The first-order valence-corrected chi connectivity index (χ1v) is 5.09. The molecule has 0 aromatic heterocycles. The second kappa shape index (κ2) is 3.93. The fraction of sp³-hybridized carbons (Fsp3) is 0.833.